The van der Waals surface area contributed by atoms with Crippen LogP contribution in [-0.2, 0) is 6.54 Å². The van der Waals surface area contributed by atoms with Crippen LogP contribution >= 0.6 is 22.6 Å². The number of carbonyl (C=O) groups is 1. The van der Waals surface area contributed by atoms with Crippen molar-refractivity contribution < 1.29 is 9.72 Å². The summed E-state index contributed by atoms with van der Waals surface area (Å²) in [5.74, 6) is -0.290. The summed E-state index contributed by atoms with van der Waals surface area (Å²) in [6.45, 7) is 3.52. The number of rotatable bonds is 3. The van der Waals surface area contributed by atoms with Gasteiger partial charge in [0.1, 0.15) is 18.9 Å². The molecule has 0 amide bonds. The fourth-order valence-corrected chi connectivity index (χ4v) is 1.94. The largest absolute Gasteiger partial charge is 0.307 e. The zero-order valence-corrected chi connectivity index (χ0v) is 12.4. The first-order valence-electron chi connectivity index (χ1n) is 5.32. The van der Waals surface area contributed by atoms with E-state index in [0.717, 1.165) is 21.2 Å². The number of carbonyl (C=O) groups excluding carboxylic acids is 1. The third-order valence-electron chi connectivity index (χ3n) is 2.57. The molecule has 0 aromatic carbocycles. The molecule has 0 spiro atoms. The number of aromatic nitrogens is 4. The third kappa shape index (κ3) is 2.64. The van der Waals surface area contributed by atoms with Gasteiger partial charge in [-0.2, -0.15) is 10.2 Å². The highest BCUT2D eigenvalue weighted by atomic mass is 127. The standard InChI is InChI=1S/C10H10IN5O3/c1-6-10(11)7(2)15(13-6)9(17)5-14-4-8(3-12-14)16(18)19/h3-4H,5H2,1-2H3. The quantitative estimate of drug-likeness (QED) is 0.461. The molecule has 100 valence electrons. The van der Waals surface area contributed by atoms with Crippen LogP contribution in [0.1, 0.15) is 16.2 Å². The summed E-state index contributed by atoms with van der Waals surface area (Å²) < 4.78 is 3.45. The Kier molecular flexibility index (Phi) is 3.64. The molecule has 0 fully saturated rings. The Balaban J connectivity index is 2.20. The summed E-state index contributed by atoms with van der Waals surface area (Å²) in [5.41, 5.74) is 1.39. The molecular formula is C10H10IN5O3. The molecule has 2 aromatic heterocycles. The summed E-state index contributed by atoms with van der Waals surface area (Å²) >= 11 is 2.12. The lowest BCUT2D eigenvalue weighted by Crippen LogP contribution is -2.20. The van der Waals surface area contributed by atoms with Gasteiger partial charge >= 0.3 is 5.69 Å². The van der Waals surface area contributed by atoms with Crippen molar-refractivity contribution in [2.45, 2.75) is 20.4 Å². The van der Waals surface area contributed by atoms with Crippen LogP contribution in [0.3, 0.4) is 0 Å². The van der Waals surface area contributed by atoms with Gasteiger partial charge < -0.3 is 0 Å². The second-order valence-corrected chi connectivity index (χ2v) is 5.02. The van der Waals surface area contributed by atoms with Crippen LogP contribution in [0.4, 0.5) is 5.69 Å². The highest BCUT2D eigenvalue weighted by molar-refractivity contribution is 14.1. The molecule has 0 atom stereocenters. The molecule has 0 N–H and O–H groups in total. The van der Waals surface area contributed by atoms with Gasteiger partial charge in [0.2, 0.25) is 0 Å². The number of halogens is 1. The predicted molar refractivity (Wildman–Crippen MR) is 73.9 cm³/mol. The second-order valence-electron chi connectivity index (χ2n) is 3.94. The molecule has 0 saturated heterocycles. The van der Waals surface area contributed by atoms with Crippen molar-refractivity contribution in [3.05, 3.63) is 37.5 Å². The van der Waals surface area contributed by atoms with Crippen molar-refractivity contribution in [3.8, 4) is 0 Å². The van der Waals surface area contributed by atoms with E-state index in [4.69, 9.17) is 0 Å². The Labute approximate surface area is 121 Å². The molecule has 2 rings (SSSR count). The van der Waals surface area contributed by atoms with Gasteiger partial charge in [0.25, 0.3) is 5.91 Å². The number of nitrogens with zero attached hydrogens (tertiary/aromatic N) is 5. The molecule has 0 saturated carbocycles. The van der Waals surface area contributed by atoms with Gasteiger partial charge in [0.05, 0.1) is 19.9 Å². The van der Waals surface area contributed by atoms with Gasteiger partial charge in [-0.3, -0.25) is 19.6 Å². The van der Waals surface area contributed by atoms with Gasteiger partial charge in [-0.05, 0) is 36.4 Å². The van der Waals surface area contributed by atoms with Crippen LogP contribution in [-0.4, -0.2) is 30.4 Å². The minimum atomic E-state index is -0.555. The normalized spacial score (nSPS) is 10.7. The van der Waals surface area contributed by atoms with Crippen molar-refractivity contribution in [2.24, 2.45) is 0 Å². The Morgan fingerprint density at radius 2 is 2.21 bits per heavy atom. The lowest BCUT2D eigenvalue weighted by atomic mass is 10.4. The van der Waals surface area contributed by atoms with Crippen molar-refractivity contribution in [1.29, 1.82) is 0 Å². The van der Waals surface area contributed by atoms with Gasteiger partial charge in [0.15, 0.2) is 0 Å². The maximum Gasteiger partial charge on any atom is 0.307 e. The van der Waals surface area contributed by atoms with Gasteiger partial charge in [-0.15, -0.1) is 0 Å². The molecule has 2 aromatic rings. The Morgan fingerprint density at radius 1 is 1.53 bits per heavy atom. The average molecular weight is 375 g/mol. The lowest BCUT2D eigenvalue weighted by molar-refractivity contribution is -0.385. The van der Waals surface area contributed by atoms with Crippen molar-refractivity contribution >= 4 is 34.2 Å². The highest BCUT2D eigenvalue weighted by Crippen LogP contribution is 2.15. The van der Waals surface area contributed by atoms with E-state index >= 15 is 0 Å². The Morgan fingerprint density at radius 3 is 2.68 bits per heavy atom. The number of nitro groups is 1. The molecule has 0 aliphatic carbocycles. The number of hydrogen-bond donors (Lipinski definition) is 0. The van der Waals surface area contributed by atoms with Crippen LogP contribution in [0, 0.1) is 27.5 Å². The van der Waals surface area contributed by atoms with E-state index in [1.165, 1.54) is 15.6 Å². The lowest BCUT2D eigenvalue weighted by Gasteiger charge is -2.02. The minimum Gasteiger partial charge on any atom is -0.270 e. The molecule has 2 heterocycles. The molecule has 0 aliphatic rings. The van der Waals surface area contributed by atoms with E-state index in [1.54, 1.807) is 6.92 Å². The van der Waals surface area contributed by atoms with E-state index in [2.05, 4.69) is 32.8 Å². The Hall–Kier alpha value is -1.78. The maximum atomic E-state index is 12.0. The fraction of sp³-hybridized carbons (Fsp3) is 0.300. The third-order valence-corrected chi connectivity index (χ3v) is 4.13. The van der Waals surface area contributed by atoms with Crippen LogP contribution in [0.5, 0.6) is 0 Å². The van der Waals surface area contributed by atoms with E-state index in [1.807, 2.05) is 6.92 Å². The van der Waals surface area contributed by atoms with Crippen LogP contribution < -0.4 is 0 Å². The van der Waals surface area contributed by atoms with Crippen molar-refractivity contribution in [3.63, 3.8) is 0 Å². The first-order valence-corrected chi connectivity index (χ1v) is 6.39. The van der Waals surface area contributed by atoms with Gasteiger partial charge in [-0.25, -0.2) is 4.68 Å². The van der Waals surface area contributed by atoms with Gasteiger partial charge in [-0.1, -0.05) is 0 Å². The minimum absolute atomic E-state index is 0.0914. The molecule has 0 bridgehead atoms. The van der Waals surface area contributed by atoms with Crippen LogP contribution in [0.15, 0.2) is 12.4 Å². The summed E-state index contributed by atoms with van der Waals surface area (Å²) in [6, 6.07) is 0. The molecular weight excluding hydrogens is 365 g/mol. The van der Waals surface area contributed by atoms with E-state index in [9.17, 15) is 14.9 Å². The van der Waals surface area contributed by atoms with E-state index in [0.29, 0.717) is 0 Å². The van der Waals surface area contributed by atoms with Gasteiger partial charge in [0, 0.05) is 0 Å². The smallest absolute Gasteiger partial charge is 0.270 e. The Bertz CT molecular complexity index is 660. The first kappa shape index (κ1) is 13.6. The second kappa shape index (κ2) is 5.07. The zero-order chi connectivity index (χ0) is 14.2. The number of hydrogen-bond acceptors (Lipinski definition) is 5. The summed E-state index contributed by atoms with van der Waals surface area (Å²) in [5, 5.41) is 18.4. The number of aryl methyl sites for hydroxylation is 1. The predicted octanol–water partition coefficient (Wildman–Crippen LogP) is 1.55. The fourth-order valence-electron chi connectivity index (χ4n) is 1.61. The maximum absolute atomic E-state index is 12.0. The summed E-state index contributed by atoms with van der Waals surface area (Å²) in [7, 11) is 0. The van der Waals surface area contributed by atoms with E-state index in [-0.39, 0.29) is 18.1 Å². The molecule has 9 heteroatoms. The molecule has 19 heavy (non-hydrogen) atoms. The van der Waals surface area contributed by atoms with E-state index < -0.39 is 4.92 Å². The highest BCUT2D eigenvalue weighted by Gasteiger charge is 2.17. The van der Waals surface area contributed by atoms with Crippen LogP contribution in [0.25, 0.3) is 0 Å². The average Bonchev–Trinajstić information content (AvgIpc) is 2.90. The topological polar surface area (TPSA) is 95.8 Å². The summed E-state index contributed by atoms with van der Waals surface area (Å²) in [4.78, 5) is 22.0. The molecule has 0 unspecified atom stereocenters. The first-order chi connectivity index (χ1) is 8.90. The SMILES string of the molecule is Cc1nn(C(=O)Cn2cc([N+](=O)[O-])cn2)c(C)c1I. The monoisotopic (exact) mass is 375 g/mol. The molecule has 0 aliphatic heterocycles. The van der Waals surface area contributed by atoms with Crippen LogP contribution in [0.2, 0.25) is 0 Å². The zero-order valence-electron chi connectivity index (χ0n) is 10.2. The molecule has 0 radical (unpaired) electrons. The molecule has 8 nitrogen and oxygen atoms in total. The van der Waals surface area contributed by atoms with Crippen molar-refractivity contribution in [2.75, 3.05) is 0 Å². The summed E-state index contributed by atoms with van der Waals surface area (Å²) in [6.07, 6.45) is 2.33. The van der Waals surface area contributed by atoms with Crippen molar-refractivity contribution in [1.82, 2.24) is 19.6 Å².